The Kier molecular flexibility index (Phi) is 19.1. The molecule has 1 atom stereocenters. The highest BCUT2D eigenvalue weighted by molar-refractivity contribution is 8.05. The van der Waals surface area contributed by atoms with Gasteiger partial charge in [0, 0.05) is 29.4 Å². The van der Waals surface area contributed by atoms with Gasteiger partial charge < -0.3 is 5.11 Å². The molecule has 0 aromatic heterocycles. The number of benzene rings is 3. The van der Waals surface area contributed by atoms with Gasteiger partial charge in [-0.1, -0.05) is 163 Å². The van der Waals surface area contributed by atoms with Crippen LogP contribution in [0.5, 0.6) is 0 Å². The zero-order valence-corrected chi connectivity index (χ0v) is 35.5. The molecule has 1 aliphatic rings. The maximum atomic E-state index is 14.3. The summed E-state index contributed by atoms with van der Waals surface area (Å²) in [4.78, 5) is 35.7. The van der Waals surface area contributed by atoms with Gasteiger partial charge in [-0.3, -0.25) is 9.59 Å². The predicted octanol–water partition coefficient (Wildman–Crippen LogP) is 14.0. The highest BCUT2D eigenvalue weighted by atomic mass is 32.2. The topological polar surface area (TPSA) is 57.6 Å². The summed E-state index contributed by atoms with van der Waals surface area (Å²) >= 11 is 6.84. The van der Waals surface area contributed by atoms with Crippen LogP contribution in [0.4, 0.5) is 0 Å². The molecule has 4 nitrogen and oxygen atoms in total. The summed E-state index contributed by atoms with van der Waals surface area (Å²) < 4.78 is 0. The summed E-state index contributed by atoms with van der Waals surface area (Å²) in [6, 6.07) is 17.2. The van der Waals surface area contributed by atoms with E-state index in [4.69, 9.17) is 0 Å². The number of hydrogen-bond donors (Lipinski definition) is 1. The van der Waals surface area contributed by atoms with Crippen LogP contribution in [-0.4, -0.2) is 39.6 Å². The maximum absolute atomic E-state index is 14.3. The van der Waals surface area contributed by atoms with Crippen molar-refractivity contribution in [1.29, 1.82) is 0 Å². The van der Waals surface area contributed by atoms with Crippen LogP contribution in [-0.2, 0) is 0 Å². The molecular formula is C44H61NO3S4. The normalized spacial score (nSPS) is 13.3. The standard InChI is InChI=1S/C44H61NO3S4/c1-6-8-10-12-14-16-18-20-30-49-39-37-38(44(48)45(34(5)46)43(37)47)40(50-31-21-19-17-15-13-11-9-7-2)42(52-36-28-24-33(4)25-29-36)41(39)51-35-26-22-32(3)23-27-35/h22-29,34,46H,6-21,30-31H2,1-5H3. The van der Waals surface area contributed by atoms with Crippen molar-refractivity contribution in [2.24, 2.45) is 0 Å². The smallest absolute Gasteiger partial charge is 0.264 e. The molecule has 0 bridgehead atoms. The molecule has 1 unspecified atom stereocenters. The fourth-order valence-electron chi connectivity index (χ4n) is 6.47. The molecule has 52 heavy (non-hydrogen) atoms. The summed E-state index contributed by atoms with van der Waals surface area (Å²) in [6.45, 7) is 10.2. The second-order valence-corrected chi connectivity index (χ2v) is 18.5. The molecule has 1 aliphatic heterocycles. The number of carbonyl (C=O) groups excluding carboxylic acids is 2. The van der Waals surface area contributed by atoms with E-state index in [1.54, 1.807) is 47.0 Å². The number of aryl methyl sites for hydroxylation is 2. The second-order valence-electron chi connectivity index (χ2n) is 14.2. The number of fused-ring (bicyclic) bond motifs is 1. The minimum absolute atomic E-state index is 0.375. The van der Waals surface area contributed by atoms with Gasteiger partial charge in [-0.15, -0.1) is 23.5 Å². The first kappa shape index (κ1) is 42.9. The Morgan fingerprint density at radius 3 is 1.17 bits per heavy atom. The Hall–Kier alpha value is -1.84. The van der Waals surface area contributed by atoms with Gasteiger partial charge in [0.15, 0.2) is 0 Å². The zero-order chi connectivity index (χ0) is 37.3. The summed E-state index contributed by atoms with van der Waals surface area (Å²) in [5.74, 6) is 0.997. The highest BCUT2D eigenvalue weighted by Crippen LogP contribution is 2.53. The Morgan fingerprint density at radius 1 is 0.519 bits per heavy atom. The van der Waals surface area contributed by atoms with E-state index in [0.29, 0.717) is 11.1 Å². The molecule has 1 N–H and O–H groups in total. The third-order valence-electron chi connectivity index (χ3n) is 9.53. The van der Waals surface area contributed by atoms with Gasteiger partial charge in [0.25, 0.3) is 11.8 Å². The molecule has 1 heterocycles. The van der Waals surface area contributed by atoms with Gasteiger partial charge in [0.05, 0.1) is 11.1 Å². The number of unbranched alkanes of at least 4 members (excludes halogenated alkanes) is 14. The van der Waals surface area contributed by atoms with Crippen LogP contribution >= 0.6 is 47.0 Å². The number of nitrogens with zero attached hydrogens (tertiary/aromatic N) is 1. The van der Waals surface area contributed by atoms with Crippen molar-refractivity contribution in [3.05, 3.63) is 70.8 Å². The van der Waals surface area contributed by atoms with Crippen molar-refractivity contribution in [2.75, 3.05) is 11.5 Å². The van der Waals surface area contributed by atoms with E-state index in [1.807, 2.05) is 0 Å². The number of aliphatic hydroxyl groups excluding tert-OH is 1. The third-order valence-corrected chi connectivity index (χ3v) is 14.5. The van der Waals surface area contributed by atoms with E-state index in [-0.39, 0.29) is 11.8 Å². The number of amides is 2. The first-order valence-electron chi connectivity index (χ1n) is 19.8. The fourth-order valence-corrected chi connectivity index (χ4v) is 11.5. The summed E-state index contributed by atoms with van der Waals surface area (Å²) in [5.41, 5.74) is 3.37. The van der Waals surface area contributed by atoms with E-state index in [9.17, 15) is 14.7 Å². The Morgan fingerprint density at radius 2 is 0.846 bits per heavy atom. The predicted molar refractivity (Wildman–Crippen MR) is 226 cm³/mol. The van der Waals surface area contributed by atoms with Gasteiger partial charge in [-0.2, -0.15) is 0 Å². The van der Waals surface area contributed by atoms with Crippen LogP contribution in [0.15, 0.2) is 77.9 Å². The van der Waals surface area contributed by atoms with Crippen molar-refractivity contribution >= 4 is 58.9 Å². The number of thioether (sulfide) groups is 2. The van der Waals surface area contributed by atoms with E-state index >= 15 is 0 Å². The van der Waals surface area contributed by atoms with Gasteiger partial charge in [-0.25, -0.2) is 4.90 Å². The van der Waals surface area contributed by atoms with Crippen molar-refractivity contribution in [1.82, 2.24) is 4.90 Å². The number of rotatable bonds is 25. The molecular weight excluding hydrogens is 719 g/mol. The van der Waals surface area contributed by atoms with Crippen molar-refractivity contribution < 1.29 is 14.7 Å². The summed E-state index contributed by atoms with van der Waals surface area (Å²) in [7, 11) is 0. The lowest BCUT2D eigenvalue weighted by molar-refractivity contribution is 0.0211. The number of imide groups is 1. The average Bonchev–Trinajstić information content (AvgIpc) is 3.39. The summed E-state index contributed by atoms with van der Waals surface area (Å²) in [6.07, 6.45) is 18.6. The minimum atomic E-state index is -1.20. The van der Waals surface area contributed by atoms with Crippen molar-refractivity contribution in [3.8, 4) is 0 Å². The van der Waals surface area contributed by atoms with Crippen LogP contribution in [0.25, 0.3) is 0 Å². The molecule has 0 fully saturated rings. The lowest BCUT2D eigenvalue weighted by atomic mass is 10.1. The highest BCUT2D eigenvalue weighted by Gasteiger charge is 2.44. The Labute approximate surface area is 331 Å². The van der Waals surface area contributed by atoms with Gasteiger partial charge >= 0.3 is 0 Å². The quantitative estimate of drug-likeness (QED) is 0.0522. The van der Waals surface area contributed by atoms with Crippen LogP contribution in [0.2, 0.25) is 0 Å². The lowest BCUT2D eigenvalue weighted by Gasteiger charge is -2.21. The molecule has 3 aromatic carbocycles. The lowest BCUT2D eigenvalue weighted by Crippen LogP contribution is -2.37. The molecule has 2 amide bonds. The molecule has 8 heteroatoms. The molecule has 4 rings (SSSR count). The third kappa shape index (κ3) is 12.6. The van der Waals surface area contributed by atoms with Crippen LogP contribution in [0.3, 0.4) is 0 Å². The Balaban J connectivity index is 1.74. The molecule has 0 aliphatic carbocycles. The SMILES string of the molecule is CCCCCCCCCCSc1c(Sc2ccc(C)cc2)c(Sc2ccc(C)cc2)c(SCCCCCCCCCC)c2c1C(=O)N(C(C)O)C2=O. The van der Waals surface area contributed by atoms with E-state index in [0.717, 1.165) is 71.5 Å². The zero-order valence-electron chi connectivity index (χ0n) is 32.3. The molecule has 0 saturated heterocycles. The molecule has 3 aromatic rings. The van der Waals surface area contributed by atoms with E-state index in [1.165, 1.54) is 95.1 Å². The fraction of sp³-hybridized carbons (Fsp3) is 0.545. The van der Waals surface area contributed by atoms with Gasteiger partial charge in [0.1, 0.15) is 6.23 Å². The molecule has 0 saturated carbocycles. The first-order valence-corrected chi connectivity index (χ1v) is 23.4. The van der Waals surface area contributed by atoms with Crippen molar-refractivity contribution in [3.63, 3.8) is 0 Å². The van der Waals surface area contributed by atoms with Crippen molar-refractivity contribution in [2.45, 2.75) is 173 Å². The van der Waals surface area contributed by atoms with Gasteiger partial charge in [-0.05, 0) is 69.4 Å². The molecule has 0 spiro atoms. The molecule has 284 valence electrons. The maximum Gasteiger partial charge on any atom is 0.264 e. The second kappa shape index (κ2) is 23.2. The first-order chi connectivity index (χ1) is 25.3. The van der Waals surface area contributed by atoms with E-state index in [2.05, 4.69) is 76.2 Å². The number of aliphatic hydroxyl groups is 1. The molecule has 0 radical (unpaired) electrons. The van der Waals surface area contributed by atoms with Crippen LogP contribution in [0, 0.1) is 13.8 Å². The van der Waals surface area contributed by atoms with Crippen LogP contribution in [0.1, 0.15) is 155 Å². The van der Waals surface area contributed by atoms with Crippen LogP contribution < -0.4 is 0 Å². The monoisotopic (exact) mass is 779 g/mol. The minimum Gasteiger partial charge on any atom is -0.373 e. The Bertz CT molecular complexity index is 1440. The largest absolute Gasteiger partial charge is 0.373 e. The number of hydrogen-bond acceptors (Lipinski definition) is 7. The summed E-state index contributed by atoms with van der Waals surface area (Å²) in [5, 5.41) is 10.8. The average molecular weight is 780 g/mol. The number of carbonyl (C=O) groups is 2. The van der Waals surface area contributed by atoms with Gasteiger partial charge in [0.2, 0.25) is 0 Å². The van der Waals surface area contributed by atoms with E-state index < -0.39 is 6.23 Å².